The average molecular weight is 338 g/mol. The molecule has 2 aliphatic heterocycles. The Hall–Kier alpha value is -2.30. The maximum atomic E-state index is 12.9. The van der Waals surface area contributed by atoms with Gasteiger partial charge in [0.25, 0.3) is 0 Å². The minimum Gasteiger partial charge on any atom is -0.368 e. The third kappa shape index (κ3) is 3.03. The average Bonchev–Trinajstić information content (AvgIpc) is 3.11. The smallest absolute Gasteiger partial charge is 0.226 e. The number of aryl methyl sites for hydroxylation is 2. The van der Waals surface area contributed by atoms with Crippen LogP contribution in [0.15, 0.2) is 30.7 Å². The fourth-order valence-corrected chi connectivity index (χ4v) is 4.08. The molecule has 1 aromatic carbocycles. The van der Waals surface area contributed by atoms with Gasteiger partial charge in [0.15, 0.2) is 0 Å². The summed E-state index contributed by atoms with van der Waals surface area (Å²) in [6.07, 6.45) is 5.53. The molecule has 2 aliphatic rings. The SMILES string of the molecule is Cc1cccc(N2CCN(C(=O)C3CCn4cncc4C3)CC2)c1C. The number of hydrogen-bond donors (Lipinski definition) is 0. The molecule has 3 heterocycles. The van der Waals surface area contributed by atoms with Gasteiger partial charge >= 0.3 is 0 Å². The summed E-state index contributed by atoms with van der Waals surface area (Å²) >= 11 is 0. The Morgan fingerprint density at radius 3 is 2.72 bits per heavy atom. The maximum Gasteiger partial charge on any atom is 0.226 e. The molecule has 2 aromatic rings. The number of amides is 1. The summed E-state index contributed by atoms with van der Waals surface area (Å²) in [7, 11) is 0. The highest BCUT2D eigenvalue weighted by atomic mass is 16.2. The van der Waals surface area contributed by atoms with Gasteiger partial charge in [0.2, 0.25) is 5.91 Å². The van der Waals surface area contributed by atoms with Crippen LogP contribution in [0.3, 0.4) is 0 Å². The summed E-state index contributed by atoms with van der Waals surface area (Å²) in [6, 6.07) is 6.48. The third-order valence-electron chi connectivity index (χ3n) is 5.83. The molecule has 0 saturated carbocycles. The van der Waals surface area contributed by atoms with Crippen molar-refractivity contribution in [3.63, 3.8) is 0 Å². The Morgan fingerprint density at radius 1 is 1.12 bits per heavy atom. The number of imidazole rings is 1. The molecule has 0 spiro atoms. The zero-order valence-corrected chi connectivity index (χ0v) is 15.1. The largest absolute Gasteiger partial charge is 0.368 e. The lowest BCUT2D eigenvalue weighted by Crippen LogP contribution is -2.51. The first kappa shape index (κ1) is 16.2. The van der Waals surface area contributed by atoms with Crippen LogP contribution in [-0.4, -0.2) is 46.5 Å². The molecule has 1 saturated heterocycles. The first-order chi connectivity index (χ1) is 12.1. The van der Waals surface area contributed by atoms with E-state index >= 15 is 0 Å². The second kappa shape index (κ2) is 6.54. The highest BCUT2D eigenvalue weighted by Crippen LogP contribution is 2.26. The number of hydrogen-bond acceptors (Lipinski definition) is 3. The van der Waals surface area contributed by atoms with Crippen LogP contribution in [-0.2, 0) is 17.8 Å². The summed E-state index contributed by atoms with van der Waals surface area (Å²) in [6.45, 7) is 8.74. The van der Waals surface area contributed by atoms with Crippen molar-refractivity contribution in [1.29, 1.82) is 0 Å². The van der Waals surface area contributed by atoms with E-state index in [2.05, 4.69) is 51.4 Å². The van der Waals surface area contributed by atoms with Crippen LogP contribution < -0.4 is 4.90 Å². The highest BCUT2D eigenvalue weighted by molar-refractivity contribution is 5.79. The molecular weight excluding hydrogens is 312 g/mol. The standard InChI is InChI=1S/C20H26N4O/c1-15-4-3-5-19(16(15)2)22-8-10-23(11-9-22)20(25)17-6-7-24-14-21-13-18(24)12-17/h3-5,13-14,17H,6-12H2,1-2H3. The molecule has 4 rings (SSSR count). The van der Waals surface area contributed by atoms with E-state index in [1.54, 1.807) is 0 Å². The quantitative estimate of drug-likeness (QED) is 0.844. The zero-order chi connectivity index (χ0) is 17.4. The van der Waals surface area contributed by atoms with Crippen LogP contribution in [0.25, 0.3) is 0 Å². The van der Waals surface area contributed by atoms with Gasteiger partial charge in [-0.1, -0.05) is 12.1 Å². The Bertz CT molecular complexity index is 774. The van der Waals surface area contributed by atoms with Crippen molar-refractivity contribution in [2.45, 2.75) is 33.2 Å². The number of aromatic nitrogens is 2. The fourth-order valence-electron chi connectivity index (χ4n) is 4.08. The second-order valence-electron chi connectivity index (χ2n) is 7.30. The van der Waals surface area contributed by atoms with E-state index in [4.69, 9.17) is 0 Å². The predicted molar refractivity (Wildman–Crippen MR) is 98.7 cm³/mol. The second-order valence-corrected chi connectivity index (χ2v) is 7.30. The normalized spacial score (nSPS) is 20.5. The number of carbonyl (C=O) groups is 1. The molecule has 25 heavy (non-hydrogen) atoms. The van der Waals surface area contributed by atoms with Crippen molar-refractivity contribution in [3.8, 4) is 0 Å². The lowest BCUT2D eigenvalue weighted by molar-refractivity contribution is -0.136. The fraction of sp³-hybridized carbons (Fsp3) is 0.500. The van der Waals surface area contributed by atoms with Gasteiger partial charge in [-0.25, -0.2) is 4.98 Å². The lowest BCUT2D eigenvalue weighted by Gasteiger charge is -2.39. The van der Waals surface area contributed by atoms with Crippen molar-refractivity contribution in [1.82, 2.24) is 14.5 Å². The molecule has 5 heteroatoms. The van der Waals surface area contributed by atoms with Crippen molar-refractivity contribution >= 4 is 11.6 Å². The molecule has 132 valence electrons. The molecule has 1 fully saturated rings. The number of carbonyl (C=O) groups excluding carboxylic acids is 1. The van der Waals surface area contributed by atoms with E-state index in [0.29, 0.717) is 5.91 Å². The molecule has 0 aliphatic carbocycles. The summed E-state index contributed by atoms with van der Waals surface area (Å²) in [5.74, 6) is 0.449. The maximum absolute atomic E-state index is 12.9. The summed E-state index contributed by atoms with van der Waals surface area (Å²) < 4.78 is 2.17. The minimum absolute atomic E-state index is 0.122. The highest BCUT2D eigenvalue weighted by Gasteiger charge is 2.30. The Labute approximate surface area is 149 Å². The first-order valence-corrected chi connectivity index (χ1v) is 9.22. The molecule has 1 amide bonds. The number of piperazine rings is 1. The Morgan fingerprint density at radius 2 is 1.92 bits per heavy atom. The van der Waals surface area contributed by atoms with Gasteiger partial charge in [-0.2, -0.15) is 0 Å². The first-order valence-electron chi connectivity index (χ1n) is 9.22. The van der Waals surface area contributed by atoms with Gasteiger partial charge in [0.1, 0.15) is 0 Å². The van der Waals surface area contributed by atoms with Crippen LogP contribution in [0.2, 0.25) is 0 Å². The van der Waals surface area contributed by atoms with Crippen molar-refractivity contribution in [2.24, 2.45) is 5.92 Å². The number of nitrogens with zero attached hydrogens (tertiary/aromatic N) is 4. The molecule has 5 nitrogen and oxygen atoms in total. The van der Waals surface area contributed by atoms with Gasteiger partial charge in [0.05, 0.1) is 6.33 Å². The van der Waals surface area contributed by atoms with Gasteiger partial charge in [-0.05, 0) is 37.5 Å². The van der Waals surface area contributed by atoms with E-state index in [1.165, 1.54) is 22.5 Å². The van der Waals surface area contributed by atoms with E-state index < -0.39 is 0 Å². The summed E-state index contributed by atoms with van der Waals surface area (Å²) in [4.78, 5) is 21.6. The van der Waals surface area contributed by atoms with Crippen molar-refractivity contribution in [2.75, 3.05) is 31.1 Å². The lowest BCUT2D eigenvalue weighted by atomic mass is 9.94. The molecule has 0 radical (unpaired) electrons. The minimum atomic E-state index is 0.122. The van der Waals surface area contributed by atoms with Crippen molar-refractivity contribution in [3.05, 3.63) is 47.5 Å². The van der Waals surface area contributed by atoms with E-state index in [9.17, 15) is 4.79 Å². The van der Waals surface area contributed by atoms with E-state index in [1.807, 2.05) is 12.5 Å². The molecule has 0 bridgehead atoms. The molecule has 1 atom stereocenters. The van der Waals surface area contributed by atoms with E-state index in [0.717, 1.165) is 45.6 Å². The summed E-state index contributed by atoms with van der Waals surface area (Å²) in [5.41, 5.74) is 5.19. The van der Waals surface area contributed by atoms with Gasteiger partial charge < -0.3 is 14.4 Å². The third-order valence-corrected chi connectivity index (χ3v) is 5.83. The van der Waals surface area contributed by atoms with Crippen LogP contribution >= 0.6 is 0 Å². The van der Waals surface area contributed by atoms with E-state index in [-0.39, 0.29) is 5.92 Å². The van der Waals surface area contributed by atoms with Gasteiger partial charge in [-0.15, -0.1) is 0 Å². The van der Waals surface area contributed by atoms with Crippen LogP contribution in [0.5, 0.6) is 0 Å². The van der Waals surface area contributed by atoms with Crippen molar-refractivity contribution < 1.29 is 4.79 Å². The van der Waals surface area contributed by atoms with Crippen LogP contribution in [0.4, 0.5) is 5.69 Å². The zero-order valence-electron chi connectivity index (χ0n) is 15.1. The van der Waals surface area contributed by atoms with Crippen LogP contribution in [0.1, 0.15) is 23.2 Å². The topological polar surface area (TPSA) is 41.4 Å². The van der Waals surface area contributed by atoms with Crippen LogP contribution in [0, 0.1) is 19.8 Å². The molecule has 0 N–H and O–H groups in total. The Balaban J connectivity index is 1.39. The number of rotatable bonds is 2. The number of fused-ring (bicyclic) bond motifs is 1. The monoisotopic (exact) mass is 338 g/mol. The van der Waals surface area contributed by atoms with Gasteiger partial charge in [0, 0.05) is 62.6 Å². The predicted octanol–water partition coefficient (Wildman–Crippen LogP) is 2.41. The van der Waals surface area contributed by atoms with Gasteiger partial charge in [-0.3, -0.25) is 4.79 Å². The number of anilines is 1. The molecular formula is C20H26N4O. The molecule has 1 unspecified atom stereocenters. The molecule has 1 aromatic heterocycles. The Kier molecular flexibility index (Phi) is 4.24. The number of benzene rings is 1. The summed E-state index contributed by atoms with van der Waals surface area (Å²) in [5, 5.41) is 0.